The van der Waals surface area contributed by atoms with Gasteiger partial charge in [0.25, 0.3) is 0 Å². The number of carbonyl (C=O) groups is 1. The van der Waals surface area contributed by atoms with Crippen molar-refractivity contribution < 1.29 is 14.3 Å². The van der Waals surface area contributed by atoms with Crippen molar-refractivity contribution in [2.75, 3.05) is 11.5 Å². The largest absolute Gasteiger partial charge is 0.502 e. The summed E-state index contributed by atoms with van der Waals surface area (Å²) in [4.78, 5) is 29.0. The van der Waals surface area contributed by atoms with E-state index in [1.807, 2.05) is 19.1 Å². The monoisotopic (exact) mass is 388 g/mol. The van der Waals surface area contributed by atoms with E-state index in [1.54, 1.807) is 31.1 Å². The van der Waals surface area contributed by atoms with E-state index >= 15 is 0 Å². The van der Waals surface area contributed by atoms with E-state index in [4.69, 9.17) is 4.42 Å². The number of thioether (sulfide) groups is 1. The molecule has 0 radical (unpaired) electrons. The number of aryl methyl sites for hydroxylation is 1. The van der Waals surface area contributed by atoms with Crippen molar-refractivity contribution in [1.82, 2.24) is 10.3 Å². The van der Waals surface area contributed by atoms with Crippen molar-refractivity contribution in [3.05, 3.63) is 57.9 Å². The Morgan fingerprint density at radius 1 is 1.44 bits per heavy atom. The molecule has 27 heavy (non-hydrogen) atoms. The average molecular weight is 388 g/mol. The molecule has 1 unspecified atom stereocenters. The lowest BCUT2D eigenvalue weighted by atomic mass is 9.75. The number of hydrogen-bond donors (Lipinski definition) is 2. The Kier molecular flexibility index (Phi) is 5.89. The molecule has 1 saturated heterocycles. The number of rotatable bonds is 5. The number of aromatic nitrogens is 1. The van der Waals surface area contributed by atoms with Crippen LogP contribution in [-0.4, -0.2) is 27.5 Å². The maximum atomic E-state index is 12.8. The fourth-order valence-corrected chi connectivity index (χ4v) is 4.80. The van der Waals surface area contributed by atoms with Crippen LogP contribution in [-0.2, 0) is 10.2 Å². The van der Waals surface area contributed by atoms with Crippen molar-refractivity contribution in [1.29, 1.82) is 0 Å². The molecule has 6 nitrogen and oxygen atoms in total. The summed E-state index contributed by atoms with van der Waals surface area (Å²) in [7, 11) is 0. The first-order chi connectivity index (χ1) is 12.9. The SMILES string of the molecule is Cc1cc(=O)c(O)c(C2(CC(=O)NC(C)c3cccnc3)CCSCC2)o1. The third-order valence-electron chi connectivity index (χ3n) is 5.04. The van der Waals surface area contributed by atoms with Crippen LogP contribution in [0.25, 0.3) is 0 Å². The number of carbonyl (C=O) groups excluding carboxylic acids is 1. The number of amides is 1. The van der Waals surface area contributed by atoms with Crippen LogP contribution >= 0.6 is 11.8 Å². The number of aromatic hydroxyl groups is 1. The molecule has 1 aliphatic rings. The van der Waals surface area contributed by atoms with Gasteiger partial charge in [0.15, 0.2) is 5.76 Å². The van der Waals surface area contributed by atoms with Gasteiger partial charge in [-0.15, -0.1) is 0 Å². The van der Waals surface area contributed by atoms with Gasteiger partial charge in [0.1, 0.15) is 5.76 Å². The van der Waals surface area contributed by atoms with E-state index in [0.29, 0.717) is 18.6 Å². The molecule has 1 atom stereocenters. The zero-order valence-corrected chi connectivity index (χ0v) is 16.3. The van der Waals surface area contributed by atoms with Crippen molar-refractivity contribution in [2.45, 2.75) is 44.6 Å². The molecule has 0 aromatic carbocycles. The van der Waals surface area contributed by atoms with Gasteiger partial charge < -0.3 is 14.8 Å². The minimum Gasteiger partial charge on any atom is -0.502 e. The predicted molar refractivity (Wildman–Crippen MR) is 105 cm³/mol. The summed E-state index contributed by atoms with van der Waals surface area (Å²) in [5.41, 5.74) is -0.210. The molecule has 0 spiro atoms. The number of pyridine rings is 1. The van der Waals surface area contributed by atoms with Crippen LogP contribution in [0.15, 0.2) is 39.8 Å². The second-order valence-corrected chi connectivity index (χ2v) is 8.27. The van der Waals surface area contributed by atoms with Gasteiger partial charge >= 0.3 is 0 Å². The lowest BCUT2D eigenvalue weighted by molar-refractivity contribution is -0.123. The van der Waals surface area contributed by atoms with Crippen LogP contribution in [0.1, 0.15) is 49.3 Å². The van der Waals surface area contributed by atoms with Gasteiger partial charge in [0.05, 0.1) is 6.04 Å². The van der Waals surface area contributed by atoms with Gasteiger partial charge in [-0.25, -0.2) is 0 Å². The summed E-state index contributed by atoms with van der Waals surface area (Å²) < 4.78 is 5.77. The zero-order valence-electron chi connectivity index (χ0n) is 15.5. The molecule has 2 aromatic rings. The predicted octanol–water partition coefficient (Wildman–Crippen LogP) is 3.08. The van der Waals surface area contributed by atoms with Gasteiger partial charge in [-0.1, -0.05) is 6.07 Å². The van der Waals surface area contributed by atoms with E-state index in [2.05, 4.69) is 10.3 Å². The van der Waals surface area contributed by atoms with E-state index in [9.17, 15) is 14.7 Å². The first kappa shape index (κ1) is 19.5. The molecule has 144 valence electrons. The Morgan fingerprint density at radius 3 is 2.85 bits per heavy atom. The smallest absolute Gasteiger partial charge is 0.227 e. The van der Waals surface area contributed by atoms with E-state index in [-0.39, 0.29) is 29.9 Å². The Bertz CT molecular complexity index is 860. The summed E-state index contributed by atoms with van der Waals surface area (Å²) in [5, 5.41) is 13.4. The van der Waals surface area contributed by atoms with Crippen LogP contribution in [0.4, 0.5) is 0 Å². The molecule has 2 N–H and O–H groups in total. The highest BCUT2D eigenvalue weighted by atomic mass is 32.2. The fourth-order valence-electron chi connectivity index (χ4n) is 3.52. The minimum atomic E-state index is -0.667. The first-order valence-electron chi connectivity index (χ1n) is 9.02. The molecule has 7 heteroatoms. The Balaban J connectivity index is 1.85. The van der Waals surface area contributed by atoms with Gasteiger partial charge in [-0.3, -0.25) is 14.6 Å². The number of hydrogen-bond acceptors (Lipinski definition) is 6. The van der Waals surface area contributed by atoms with Gasteiger partial charge in [0, 0.05) is 30.3 Å². The lowest BCUT2D eigenvalue weighted by Crippen LogP contribution is -2.39. The molecular weight excluding hydrogens is 364 g/mol. The van der Waals surface area contributed by atoms with Crippen molar-refractivity contribution in [3.8, 4) is 5.75 Å². The van der Waals surface area contributed by atoms with Gasteiger partial charge in [-0.2, -0.15) is 11.8 Å². The van der Waals surface area contributed by atoms with Gasteiger partial charge in [-0.05, 0) is 49.8 Å². The molecular formula is C20H24N2O4S. The molecule has 0 saturated carbocycles. The van der Waals surface area contributed by atoms with Crippen LogP contribution in [0.3, 0.4) is 0 Å². The second kappa shape index (κ2) is 8.17. The average Bonchev–Trinajstić information content (AvgIpc) is 2.66. The minimum absolute atomic E-state index is 0.137. The highest BCUT2D eigenvalue weighted by molar-refractivity contribution is 7.99. The fraction of sp³-hybridized carbons (Fsp3) is 0.450. The van der Waals surface area contributed by atoms with Crippen LogP contribution in [0, 0.1) is 6.92 Å². The third kappa shape index (κ3) is 4.35. The summed E-state index contributed by atoms with van der Waals surface area (Å²) in [6, 6.07) is 4.84. The normalized spacial score (nSPS) is 17.3. The van der Waals surface area contributed by atoms with Crippen molar-refractivity contribution in [2.24, 2.45) is 0 Å². The Labute approximate surface area is 162 Å². The van der Waals surface area contributed by atoms with E-state index in [0.717, 1.165) is 17.1 Å². The molecule has 1 fully saturated rings. The number of nitrogens with zero attached hydrogens (tertiary/aromatic N) is 1. The van der Waals surface area contributed by atoms with Gasteiger partial charge in [0.2, 0.25) is 17.1 Å². The van der Waals surface area contributed by atoms with Crippen LogP contribution in [0.5, 0.6) is 5.75 Å². The van der Waals surface area contributed by atoms with Crippen molar-refractivity contribution >= 4 is 17.7 Å². The summed E-state index contributed by atoms with van der Waals surface area (Å²) in [6.45, 7) is 3.59. The standard InChI is InChI=1S/C20H24N2O4S/c1-13-10-16(23)18(25)19(26-13)20(5-8-27-9-6-20)11-17(24)22-14(2)15-4-3-7-21-12-15/h3-4,7,10,12,14,25H,5-6,8-9,11H2,1-2H3,(H,22,24). The molecule has 3 heterocycles. The summed E-state index contributed by atoms with van der Waals surface area (Å²) in [5.74, 6) is 1.87. The number of nitrogens with one attached hydrogen (secondary N) is 1. The second-order valence-electron chi connectivity index (χ2n) is 7.04. The van der Waals surface area contributed by atoms with Crippen molar-refractivity contribution in [3.63, 3.8) is 0 Å². The Hall–Kier alpha value is -2.28. The molecule has 3 rings (SSSR count). The summed E-state index contributed by atoms with van der Waals surface area (Å²) in [6.07, 6.45) is 4.93. The highest BCUT2D eigenvalue weighted by Crippen LogP contribution is 2.44. The highest BCUT2D eigenvalue weighted by Gasteiger charge is 2.41. The molecule has 1 aliphatic heterocycles. The quantitative estimate of drug-likeness (QED) is 0.818. The topological polar surface area (TPSA) is 92.4 Å². The molecule has 2 aromatic heterocycles. The third-order valence-corrected chi connectivity index (χ3v) is 6.02. The van der Waals surface area contributed by atoms with Crippen LogP contribution < -0.4 is 10.7 Å². The summed E-state index contributed by atoms with van der Waals surface area (Å²) >= 11 is 1.80. The molecule has 1 amide bonds. The molecule has 0 aliphatic carbocycles. The molecule has 0 bridgehead atoms. The Morgan fingerprint density at radius 2 is 2.19 bits per heavy atom. The lowest BCUT2D eigenvalue weighted by Gasteiger charge is -2.36. The zero-order chi connectivity index (χ0) is 19.4. The first-order valence-corrected chi connectivity index (χ1v) is 10.2. The maximum absolute atomic E-state index is 12.8. The van der Waals surface area contributed by atoms with Crippen LogP contribution in [0.2, 0.25) is 0 Å². The maximum Gasteiger partial charge on any atom is 0.227 e. The van der Waals surface area contributed by atoms with E-state index < -0.39 is 10.8 Å². The van der Waals surface area contributed by atoms with E-state index in [1.165, 1.54) is 6.07 Å².